The lowest BCUT2D eigenvalue weighted by Crippen LogP contribution is -2.37. The molecular weight excluding hydrogens is 316 g/mol. The van der Waals surface area contributed by atoms with Crippen LogP contribution in [0.2, 0.25) is 0 Å². The Morgan fingerprint density at radius 1 is 1.28 bits per heavy atom. The first-order chi connectivity index (χ1) is 12.2. The average Bonchev–Trinajstić information content (AvgIpc) is 3.40. The molecule has 1 saturated heterocycles. The zero-order valence-electron chi connectivity index (χ0n) is 14.2. The van der Waals surface area contributed by atoms with Crippen LogP contribution < -0.4 is 10.2 Å². The summed E-state index contributed by atoms with van der Waals surface area (Å²) in [6.45, 7) is 1.13. The molecule has 3 rings (SSSR count). The Balaban J connectivity index is 1.61. The van der Waals surface area contributed by atoms with Crippen molar-refractivity contribution in [1.82, 2.24) is 5.32 Å². The topological polar surface area (TPSA) is 74.1 Å². The van der Waals surface area contributed by atoms with E-state index in [-0.39, 0.29) is 11.8 Å². The Morgan fingerprint density at radius 3 is 2.80 bits per heavy atom. The molecule has 1 aromatic carbocycles. The fraction of sp³-hybridized carbons (Fsp3) is 0.474. The van der Waals surface area contributed by atoms with Crippen LogP contribution >= 0.6 is 0 Å². The third-order valence-corrected chi connectivity index (χ3v) is 4.63. The van der Waals surface area contributed by atoms with Gasteiger partial charge in [-0.2, -0.15) is 10.2 Å². The van der Waals surface area contributed by atoms with E-state index in [0.29, 0.717) is 43.6 Å². The molecule has 0 saturated carbocycles. The molecule has 6 nitrogen and oxygen atoms in total. The summed E-state index contributed by atoms with van der Waals surface area (Å²) in [5.74, 6) is 2.49. The van der Waals surface area contributed by atoms with Crippen LogP contribution in [0.3, 0.4) is 0 Å². The van der Waals surface area contributed by atoms with E-state index in [4.69, 9.17) is 6.42 Å². The van der Waals surface area contributed by atoms with Crippen LogP contribution in [0.1, 0.15) is 48.9 Å². The lowest BCUT2D eigenvalue weighted by molar-refractivity contribution is -0.119. The first kappa shape index (κ1) is 17.2. The number of piperidine rings is 1. The van der Waals surface area contributed by atoms with E-state index in [1.807, 2.05) is 18.2 Å². The molecule has 2 aliphatic rings. The Hall–Kier alpha value is -2.68. The van der Waals surface area contributed by atoms with Crippen molar-refractivity contribution >= 4 is 17.5 Å². The molecule has 0 atom stereocenters. The number of hydrogen-bond donors (Lipinski definition) is 1. The molecular formula is C19H22N4O2. The van der Waals surface area contributed by atoms with Gasteiger partial charge in [-0.05, 0) is 25.0 Å². The highest BCUT2D eigenvalue weighted by atomic mass is 16.2. The Labute approximate surface area is 147 Å². The third kappa shape index (κ3) is 4.05. The zero-order chi connectivity index (χ0) is 17.7. The number of nitrogens with one attached hydrogen (secondary N) is 1. The highest BCUT2D eigenvalue weighted by molar-refractivity contribution is 6.05. The minimum absolute atomic E-state index is 0.0790. The molecule has 2 amide bonds. The molecule has 2 heterocycles. The van der Waals surface area contributed by atoms with Crippen LogP contribution in [0.15, 0.2) is 34.5 Å². The van der Waals surface area contributed by atoms with E-state index in [0.717, 1.165) is 19.3 Å². The van der Waals surface area contributed by atoms with Crippen molar-refractivity contribution in [2.75, 3.05) is 18.0 Å². The van der Waals surface area contributed by atoms with Gasteiger partial charge in [0.05, 0.1) is 11.3 Å². The number of carbonyl (C=O) groups excluding carboxylic acids is 2. The normalized spacial score (nSPS) is 17.9. The van der Waals surface area contributed by atoms with E-state index in [2.05, 4.69) is 21.5 Å². The monoisotopic (exact) mass is 338 g/mol. The number of amides is 2. The number of para-hydroxylation sites is 1. The summed E-state index contributed by atoms with van der Waals surface area (Å²) in [5, 5.41) is 11.1. The Morgan fingerprint density at radius 2 is 2.08 bits per heavy atom. The Kier molecular flexibility index (Phi) is 5.13. The summed E-state index contributed by atoms with van der Waals surface area (Å²) in [6, 6.07) is 7.25. The van der Waals surface area contributed by atoms with Gasteiger partial charge in [0.15, 0.2) is 5.66 Å². The maximum Gasteiger partial charge on any atom is 0.253 e. The van der Waals surface area contributed by atoms with Gasteiger partial charge in [0.25, 0.3) is 5.91 Å². The number of nitrogens with zero attached hydrogens (tertiary/aromatic N) is 3. The molecule has 2 aliphatic heterocycles. The second-order valence-electron chi connectivity index (χ2n) is 6.41. The van der Waals surface area contributed by atoms with E-state index < -0.39 is 5.66 Å². The van der Waals surface area contributed by atoms with Crippen LogP contribution in [0, 0.1) is 12.3 Å². The number of terminal acetylenes is 1. The third-order valence-electron chi connectivity index (χ3n) is 4.63. The molecule has 0 unspecified atom stereocenters. The molecule has 1 fully saturated rings. The lowest BCUT2D eigenvalue weighted by Gasteiger charge is -2.28. The fourth-order valence-electron chi connectivity index (χ4n) is 3.10. The number of hydrogen-bond acceptors (Lipinski definition) is 4. The van der Waals surface area contributed by atoms with Crippen molar-refractivity contribution < 1.29 is 9.59 Å². The van der Waals surface area contributed by atoms with Crippen LogP contribution in [-0.2, 0) is 4.79 Å². The molecule has 0 spiro atoms. The average molecular weight is 338 g/mol. The van der Waals surface area contributed by atoms with E-state index >= 15 is 0 Å². The van der Waals surface area contributed by atoms with Crippen molar-refractivity contribution in [2.45, 2.75) is 44.2 Å². The highest BCUT2D eigenvalue weighted by Crippen LogP contribution is 2.36. The molecule has 130 valence electrons. The molecule has 1 aromatic rings. The standard InChI is InChI=1S/C19H22N4O2/c1-2-3-11-19(21-22-19)12-13-20-18(25)15-8-4-5-9-16(15)23-14-7-6-10-17(23)24/h1,4-5,8-9H,3,6-7,10-14H2,(H,20,25). The van der Waals surface area contributed by atoms with Gasteiger partial charge in [0.1, 0.15) is 0 Å². The first-order valence-electron chi connectivity index (χ1n) is 8.70. The van der Waals surface area contributed by atoms with E-state index in [1.54, 1.807) is 11.0 Å². The minimum Gasteiger partial charge on any atom is -0.352 e. The van der Waals surface area contributed by atoms with Gasteiger partial charge in [-0.25, -0.2) is 0 Å². The maximum atomic E-state index is 12.6. The number of rotatable bonds is 7. The van der Waals surface area contributed by atoms with Crippen molar-refractivity contribution in [3.8, 4) is 12.3 Å². The summed E-state index contributed by atoms with van der Waals surface area (Å²) in [6.07, 6.45) is 9.68. The zero-order valence-corrected chi connectivity index (χ0v) is 14.2. The fourth-order valence-corrected chi connectivity index (χ4v) is 3.10. The van der Waals surface area contributed by atoms with Gasteiger partial charge >= 0.3 is 0 Å². The highest BCUT2D eigenvalue weighted by Gasteiger charge is 2.38. The number of anilines is 1. The van der Waals surface area contributed by atoms with Crippen LogP contribution in [-0.4, -0.2) is 30.6 Å². The largest absolute Gasteiger partial charge is 0.352 e. The molecule has 0 bridgehead atoms. The van der Waals surface area contributed by atoms with Crippen molar-refractivity contribution in [2.24, 2.45) is 10.2 Å². The van der Waals surface area contributed by atoms with E-state index in [9.17, 15) is 9.59 Å². The molecule has 25 heavy (non-hydrogen) atoms. The summed E-state index contributed by atoms with van der Waals surface area (Å²) < 4.78 is 0. The summed E-state index contributed by atoms with van der Waals surface area (Å²) in [5.41, 5.74) is 0.815. The smallest absolute Gasteiger partial charge is 0.253 e. The second kappa shape index (κ2) is 7.47. The van der Waals surface area contributed by atoms with Gasteiger partial charge < -0.3 is 10.2 Å². The van der Waals surface area contributed by atoms with Gasteiger partial charge in [0.2, 0.25) is 5.91 Å². The van der Waals surface area contributed by atoms with E-state index in [1.165, 1.54) is 0 Å². The lowest BCUT2D eigenvalue weighted by atomic mass is 10.0. The van der Waals surface area contributed by atoms with Crippen LogP contribution in [0.5, 0.6) is 0 Å². The van der Waals surface area contributed by atoms with Crippen molar-refractivity contribution in [3.05, 3.63) is 29.8 Å². The predicted octanol–water partition coefficient (Wildman–Crippen LogP) is 2.90. The summed E-state index contributed by atoms with van der Waals surface area (Å²) >= 11 is 0. The van der Waals surface area contributed by atoms with Gasteiger partial charge in [-0.3, -0.25) is 9.59 Å². The Bertz CT molecular complexity index is 729. The predicted molar refractivity (Wildman–Crippen MR) is 95.3 cm³/mol. The SMILES string of the molecule is C#CCCC1(CCNC(=O)c2ccccc2N2CCCCC2=O)N=N1. The summed E-state index contributed by atoms with van der Waals surface area (Å²) in [7, 11) is 0. The maximum absolute atomic E-state index is 12.6. The molecule has 0 aromatic heterocycles. The van der Waals surface area contributed by atoms with Gasteiger partial charge in [-0.1, -0.05) is 12.1 Å². The first-order valence-corrected chi connectivity index (χ1v) is 8.70. The minimum atomic E-state index is -0.401. The quantitative estimate of drug-likeness (QED) is 0.776. The molecule has 0 radical (unpaired) electrons. The number of benzene rings is 1. The number of carbonyl (C=O) groups is 2. The van der Waals surface area contributed by atoms with Crippen molar-refractivity contribution in [3.63, 3.8) is 0 Å². The molecule has 0 aliphatic carbocycles. The van der Waals surface area contributed by atoms with Gasteiger partial charge in [-0.15, -0.1) is 12.3 Å². The van der Waals surface area contributed by atoms with Crippen LogP contribution in [0.25, 0.3) is 0 Å². The second-order valence-corrected chi connectivity index (χ2v) is 6.41. The molecule has 1 N–H and O–H groups in total. The van der Waals surface area contributed by atoms with Crippen LogP contribution in [0.4, 0.5) is 5.69 Å². The van der Waals surface area contributed by atoms with Gasteiger partial charge in [0, 0.05) is 38.8 Å². The van der Waals surface area contributed by atoms with Crippen molar-refractivity contribution in [1.29, 1.82) is 0 Å². The molecule has 6 heteroatoms. The summed E-state index contributed by atoms with van der Waals surface area (Å²) in [4.78, 5) is 26.5.